The molecule has 22 heavy (non-hydrogen) atoms. The lowest BCUT2D eigenvalue weighted by Crippen LogP contribution is -2.26. The van der Waals surface area contributed by atoms with E-state index in [0.717, 1.165) is 29.9 Å². The van der Waals surface area contributed by atoms with E-state index < -0.39 is 6.10 Å². The van der Waals surface area contributed by atoms with Crippen molar-refractivity contribution in [1.82, 2.24) is 0 Å². The van der Waals surface area contributed by atoms with Gasteiger partial charge in [-0.05, 0) is 35.6 Å². The minimum Gasteiger partial charge on any atom is -0.493 e. The molecule has 0 aliphatic carbocycles. The molecule has 0 saturated heterocycles. The van der Waals surface area contributed by atoms with E-state index in [1.165, 1.54) is 5.56 Å². The van der Waals surface area contributed by atoms with Gasteiger partial charge in [0.2, 0.25) is 0 Å². The van der Waals surface area contributed by atoms with Crippen molar-refractivity contribution in [2.24, 2.45) is 0 Å². The lowest BCUT2D eigenvalue weighted by molar-refractivity contribution is 0.234. The van der Waals surface area contributed by atoms with Crippen molar-refractivity contribution in [2.45, 2.75) is 31.8 Å². The first-order valence-corrected chi connectivity index (χ1v) is 7.58. The first-order chi connectivity index (χ1) is 10.6. The number of benzene rings is 2. The van der Waals surface area contributed by atoms with Gasteiger partial charge in [-0.3, -0.25) is 0 Å². The maximum Gasteiger partial charge on any atom is 0.140 e. The summed E-state index contributed by atoms with van der Waals surface area (Å²) in [6, 6.07) is 15.5. The van der Waals surface area contributed by atoms with Gasteiger partial charge in [0, 0.05) is 11.1 Å². The van der Waals surface area contributed by atoms with Crippen molar-refractivity contribution >= 4 is 0 Å². The van der Waals surface area contributed by atoms with Crippen LogP contribution >= 0.6 is 0 Å². The van der Waals surface area contributed by atoms with Crippen molar-refractivity contribution in [3.05, 3.63) is 65.2 Å². The minimum atomic E-state index is -0.763. The van der Waals surface area contributed by atoms with Gasteiger partial charge >= 0.3 is 0 Å². The molecule has 2 aromatic rings. The number of fused-ring (bicyclic) bond motifs is 1. The first-order valence-electron chi connectivity index (χ1n) is 7.58. The van der Waals surface area contributed by atoms with Gasteiger partial charge in [-0.2, -0.15) is 0 Å². The van der Waals surface area contributed by atoms with Crippen LogP contribution in [0.25, 0.3) is 0 Å². The minimum absolute atomic E-state index is 0.101. The third-order valence-electron chi connectivity index (χ3n) is 4.16. The fourth-order valence-corrected chi connectivity index (χ4v) is 2.68. The number of ether oxygens (including phenoxy) is 1. The van der Waals surface area contributed by atoms with E-state index in [1.807, 2.05) is 42.5 Å². The van der Waals surface area contributed by atoms with Gasteiger partial charge in [0.1, 0.15) is 11.9 Å². The van der Waals surface area contributed by atoms with Crippen molar-refractivity contribution in [1.29, 1.82) is 0 Å². The molecule has 0 amide bonds. The number of hydrogen-bond donors (Lipinski definition) is 1. The number of hydrogen-bond acceptors (Lipinski definition) is 2. The van der Waals surface area contributed by atoms with Crippen LogP contribution < -0.4 is 4.74 Å². The smallest absolute Gasteiger partial charge is 0.140 e. The van der Waals surface area contributed by atoms with Gasteiger partial charge in [-0.1, -0.05) is 56.0 Å². The second-order valence-electron chi connectivity index (χ2n) is 6.28. The molecule has 1 atom stereocenters. The Kier molecular flexibility index (Phi) is 3.92. The van der Waals surface area contributed by atoms with Crippen LogP contribution in [-0.4, -0.2) is 11.7 Å². The van der Waals surface area contributed by atoms with Crippen LogP contribution in [-0.2, 0) is 5.41 Å². The van der Waals surface area contributed by atoms with Gasteiger partial charge in [-0.25, -0.2) is 0 Å². The molecule has 1 unspecified atom stereocenters. The van der Waals surface area contributed by atoms with E-state index in [9.17, 15) is 5.11 Å². The molecule has 1 N–H and O–H groups in total. The maximum absolute atomic E-state index is 10.1. The second kappa shape index (κ2) is 5.87. The van der Waals surface area contributed by atoms with Gasteiger partial charge < -0.3 is 9.84 Å². The molecular weight excluding hydrogens is 272 g/mol. The molecule has 1 heterocycles. The Bertz CT molecular complexity index is 720. The largest absolute Gasteiger partial charge is 0.493 e. The third-order valence-corrected chi connectivity index (χ3v) is 4.16. The summed E-state index contributed by atoms with van der Waals surface area (Å²) in [6.07, 6.45) is 0.241. The molecule has 1 aliphatic heterocycles. The van der Waals surface area contributed by atoms with Crippen molar-refractivity contribution in [3.8, 4) is 17.6 Å². The zero-order valence-electron chi connectivity index (χ0n) is 13.0. The fourth-order valence-electron chi connectivity index (χ4n) is 2.68. The molecule has 0 bridgehead atoms. The summed E-state index contributed by atoms with van der Waals surface area (Å²) >= 11 is 0. The Morgan fingerprint density at radius 3 is 2.68 bits per heavy atom. The van der Waals surface area contributed by atoms with Crippen LogP contribution in [0.5, 0.6) is 5.75 Å². The summed E-state index contributed by atoms with van der Waals surface area (Å²) < 4.78 is 5.71. The SMILES string of the molecule is CC1(C)CCOc2ccc(C#CC(O)c3ccccc3)cc21. The van der Waals surface area contributed by atoms with Crippen LogP contribution in [0.3, 0.4) is 0 Å². The van der Waals surface area contributed by atoms with E-state index in [4.69, 9.17) is 4.74 Å². The lowest BCUT2D eigenvalue weighted by Gasteiger charge is -2.32. The van der Waals surface area contributed by atoms with Gasteiger partial charge in [0.15, 0.2) is 0 Å². The Hall–Kier alpha value is -2.24. The Balaban J connectivity index is 1.87. The number of rotatable bonds is 1. The van der Waals surface area contributed by atoms with E-state index in [-0.39, 0.29) is 5.41 Å². The summed E-state index contributed by atoms with van der Waals surface area (Å²) in [4.78, 5) is 0. The van der Waals surface area contributed by atoms with E-state index in [2.05, 4.69) is 31.8 Å². The van der Waals surface area contributed by atoms with Crippen molar-refractivity contribution < 1.29 is 9.84 Å². The highest BCUT2D eigenvalue weighted by atomic mass is 16.5. The predicted molar refractivity (Wildman–Crippen MR) is 87.9 cm³/mol. The van der Waals surface area contributed by atoms with Gasteiger partial charge in [0.25, 0.3) is 0 Å². The van der Waals surface area contributed by atoms with Crippen LogP contribution in [0, 0.1) is 11.8 Å². The summed E-state index contributed by atoms with van der Waals surface area (Å²) in [6.45, 7) is 5.21. The quantitative estimate of drug-likeness (QED) is 0.809. The van der Waals surface area contributed by atoms with Crippen LogP contribution in [0.4, 0.5) is 0 Å². The molecule has 1 aliphatic rings. The highest BCUT2D eigenvalue weighted by molar-refractivity contribution is 5.48. The van der Waals surface area contributed by atoms with Gasteiger partial charge in [0.05, 0.1) is 6.61 Å². The monoisotopic (exact) mass is 292 g/mol. The molecule has 3 rings (SSSR count). The third kappa shape index (κ3) is 3.00. The highest BCUT2D eigenvalue weighted by Crippen LogP contribution is 2.38. The van der Waals surface area contributed by atoms with Crippen molar-refractivity contribution in [2.75, 3.05) is 6.61 Å². The average Bonchev–Trinajstić information content (AvgIpc) is 2.53. The summed E-state index contributed by atoms with van der Waals surface area (Å²) in [5, 5.41) is 10.1. The lowest BCUT2D eigenvalue weighted by atomic mass is 9.79. The molecule has 112 valence electrons. The Labute approximate surface area is 131 Å². The Morgan fingerprint density at radius 2 is 1.91 bits per heavy atom. The van der Waals surface area contributed by atoms with Crippen LogP contribution in [0.15, 0.2) is 48.5 Å². The summed E-state index contributed by atoms with van der Waals surface area (Å²) in [7, 11) is 0. The molecule has 0 aromatic heterocycles. The Morgan fingerprint density at radius 1 is 1.14 bits per heavy atom. The standard InChI is InChI=1S/C20H20O2/c1-20(2)12-13-22-19-11-9-15(14-17(19)20)8-10-18(21)16-6-4-3-5-7-16/h3-7,9,11,14,18,21H,12-13H2,1-2H3. The number of aliphatic hydroxyl groups excluding tert-OH is 1. The zero-order valence-corrected chi connectivity index (χ0v) is 13.0. The van der Waals surface area contributed by atoms with E-state index in [0.29, 0.717) is 0 Å². The van der Waals surface area contributed by atoms with Crippen LogP contribution in [0.2, 0.25) is 0 Å². The number of aliphatic hydroxyl groups is 1. The topological polar surface area (TPSA) is 29.5 Å². The highest BCUT2D eigenvalue weighted by Gasteiger charge is 2.28. The fraction of sp³-hybridized carbons (Fsp3) is 0.300. The molecule has 2 aromatic carbocycles. The molecule has 0 radical (unpaired) electrons. The van der Waals surface area contributed by atoms with Gasteiger partial charge in [-0.15, -0.1) is 0 Å². The molecule has 0 saturated carbocycles. The summed E-state index contributed by atoms with van der Waals surface area (Å²) in [5.74, 6) is 6.94. The molecule has 0 spiro atoms. The normalized spacial score (nSPS) is 16.7. The molecule has 2 heteroatoms. The molecule has 2 nitrogen and oxygen atoms in total. The second-order valence-corrected chi connectivity index (χ2v) is 6.28. The first kappa shape index (κ1) is 14.7. The van der Waals surface area contributed by atoms with Crippen molar-refractivity contribution in [3.63, 3.8) is 0 Å². The summed E-state index contributed by atoms with van der Waals surface area (Å²) in [5.41, 5.74) is 3.02. The van der Waals surface area contributed by atoms with E-state index >= 15 is 0 Å². The van der Waals surface area contributed by atoms with E-state index in [1.54, 1.807) is 0 Å². The molecular formula is C20H20O2. The molecule has 0 fully saturated rings. The average molecular weight is 292 g/mol. The zero-order chi connectivity index (χ0) is 15.6. The van der Waals surface area contributed by atoms with Crippen LogP contribution in [0.1, 0.15) is 43.1 Å². The predicted octanol–water partition coefficient (Wildman–Crippen LogP) is 3.83. The maximum atomic E-state index is 10.1.